The molecule has 0 amide bonds. The first-order valence-corrected chi connectivity index (χ1v) is 7.69. The Kier molecular flexibility index (Phi) is 3.79. The summed E-state index contributed by atoms with van der Waals surface area (Å²) in [5, 5.41) is 11.8. The number of hydrogen-bond donors (Lipinski definition) is 1. The van der Waals surface area contributed by atoms with Gasteiger partial charge in [0.25, 0.3) is 0 Å². The number of aliphatic hydroxyl groups is 1. The van der Waals surface area contributed by atoms with E-state index in [-0.39, 0.29) is 0 Å². The van der Waals surface area contributed by atoms with Crippen LogP contribution in [0.25, 0.3) is 10.9 Å². The molecule has 1 atom stereocenters. The highest BCUT2D eigenvalue weighted by molar-refractivity contribution is 5.85. The third-order valence-corrected chi connectivity index (χ3v) is 4.52. The maximum absolute atomic E-state index is 10.5. The molecule has 0 saturated heterocycles. The molecule has 1 N–H and O–H groups in total. The Bertz CT molecular complexity index is 813. The van der Waals surface area contributed by atoms with Crippen LogP contribution in [0, 0.1) is 27.7 Å². The van der Waals surface area contributed by atoms with Crippen molar-refractivity contribution in [2.75, 3.05) is 0 Å². The molecule has 3 rings (SSSR count). The Morgan fingerprint density at radius 1 is 1.14 bits per heavy atom. The number of aliphatic hydroxyl groups excluding tert-OH is 1. The zero-order chi connectivity index (χ0) is 15.9. The SMILES string of the molecule is Cc1ccc2c(c1)c(C)c(C)n2C[C@H](O)Cn1ccnc1C. The Morgan fingerprint density at radius 2 is 1.91 bits per heavy atom. The first-order chi connectivity index (χ1) is 10.5. The van der Waals surface area contributed by atoms with Gasteiger partial charge in [0, 0.05) is 29.0 Å². The number of rotatable bonds is 4. The van der Waals surface area contributed by atoms with Crippen LogP contribution in [0.1, 0.15) is 22.6 Å². The molecule has 116 valence electrons. The Labute approximate surface area is 131 Å². The molecule has 1 aromatic carbocycles. The van der Waals surface area contributed by atoms with Crippen molar-refractivity contribution in [2.45, 2.75) is 46.9 Å². The van der Waals surface area contributed by atoms with E-state index in [1.807, 2.05) is 17.7 Å². The Hall–Kier alpha value is -2.07. The van der Waals surface area contributed by atoms with Gasteiger partial charge in [-0.15, -0.1) is 0 Å². The highest BCUT2D eigenvalue weighted by Gasteiger charge is 2.15. The fraction of sp³-hybridized carbons (Fsp3) is 0.389. The predicted molar refractivity (Wildman–Crippen MR) is 89.1 cm³/mol. The smallest absolute Gasteiger partial charge is 0.105 e. The van der Waals surface area contributed by atoms with Gasteiger partial charge in [0.1, 0.15) is 5.82 Å². The van der Waals surface area contributed by atoms with Gasteiger partial charge in [-0.1, -0.05) is 11.6 Å². The standard InChI is InChI=1S/C18H23N3O/c1-12-5-6-18-17(9-12)13(2)14(3)21(18)11-16(22)10-20-8-7-19-15(20)4/h5-9,16,22H,10-11H2,1-4H3/t16-/m1/s1. The molecule has 2 aromatic heterocycles. The second-order valence-corrected chi connectivity index (χ2v) is 6.12. The first kappa shape index (κ1) is 14.9. The number of fused-ring (bicyclic) bond motifs is 1. The van der Waals surface area contributed by atoms with E-state index < -0.39 is 6.10 Å². The third kappa shape index (κ3) is 2.55. The van der Waals surface area contributed by atoms with Gasteiger partial charge in [0.15, 0.2) is 0 Å². The molecule has 4 nitrogen and oxygen atoms in total. The van der Waals surface area contributed by atoms with E-state index in [1.54, 1.807) is 6.20 Å². The van der Waals surface area contributed by atoms with Crippen LogP contribution in [0.3, 0.4) is 0 Å². The van der Waals surface area contributed by atoms with Gasteiger partial charge in [0.2, 0.25) is 0 Å². The molecule has 0 aliphatic heterocycles. The maximum atomic E-state index is 10.5. The molecule has 4 heteroatoms. The average molecular weight is 297 g/mol. The number of nitrogens with zero attached hydrogens (tertiary/aromatic N) is 3. The van der Waals surface area contributed by atoms with E-state index in [9.17, 15) is 5.11 Å². The van der Waals surface area contributed by atoms with E-state index >= 15 is 0 Å². The number of aryl methyl sites for hydroxylation is 3. The molecule has 0 bridgehead atoms. The lowest BCUT2D eigenvalue weighted by Crippen LogP contribution is -2.23. The quantitative estimate of drug-likeness (QED) is 0.804. The summed E-state index contributed by atoms with van der Waals surface area (Å²) < 4.78 is 4.21. The fourth-order valence-electron chi connectivity index (χ4n) is 3.09. The summed E-state index contributed by atoms with van der Waals surface area (Å²) in [5.74, 6) is 0.931. The summed E-state index contributed by atoms with van der Waals surface area (Å²) in [6.45, 7) is 9.50. The molecular weight excluding hydrogens is 274 g/mol. The van der Waals surface area contributed by atoms with E-state index in [1.165, 1.54) is 27.7 Å². The summed E-state index contributed by atoms with van der Waals surface area (Å²) in [4.78, 5) is 4.20. The minimum atomic E-state index is -0.442. The molecular formula is C18H23N3O. The van der Waals surface area contributed by atoms with E-state index in [0.29, 0.717) is 13.1 Å². The normalized spacial score (nSPS) is 13.0. The lowest BCUT2D eigenvalue weighted by molar-refractivity contribution is 0.134. The number of benzene rings is 1. The second kappa shape index (κ2) is 5.61. The van der Waals surface area contributed by atoms with Crippen molar-refractivity contribution < 1.29 is 5.11 Å². The van der Waals surface area contributed by atoms with Gasteiger partial charge in [-0.25, -0.2) is 4.98 Å². The number of aromatic nitrogens is 3. The molecule has 0 fully saturated rings. The average Bonchev–Trinajstić information content (AvgIpc) is 2.97. The van der Waals surface area contributed by atoms with Crippen LogP contribution in [-0.2, 0) is 13.1 Å². The van der Waals surface area contributed by atoms with Gasteiger partial charge in [-0.3, -0.25) is 0 Å². The van der Waals surface area contributed by atoms with Gasteiger partial charge in [-0.05, 0) is 45.4 Å². The summed E-state index contributed by atoms with van der Waals surface area (Å²) >= 11 is 0. The Balaban J connectivity index is 1.90. The molecule has 0 aliphatic carbocycles. The highest BCUT2D eigenvalue weighted by Crippen LogP contribution is 2.26. The summed E-state index contributed by atoms with van der Waals surface area (Å²) in [5.41, 5.74) is 4.98. The predicted octanol–water partition coefficient (Wildman–Crippen LogP) is 3.13. The van der Waals surface area contributed by atoms with Gasteiger partial charge < -0.3 is 14.2 Å². The molecule has 2 heterocycles. The van der Waals surface area contributed by atoms with Crippen LogP contribution in [0.5, 0.6) is 0 Å². The van der Waals surface area contributed by atoms with Crippen molar-refractivity contribution in [3.8, 4) is 0 Å². The zero-order valence-electron chi connectivity index (χ0n) is 13.7. The van der Waals surface area contributed by atoms with Crippen molar-refractivity contribution >= 4 is 10.9 Å². The molecule has 22 heavy (non-hydrogen) atoms. The van der Waals surface area contributed by atoms with Crippen LogP contribution >= 0.6 is 0 Å². The van der Waals surface area contributed by atoms with Crippen molar-refractivity contribution in [1.82, 2.24) is 14.1 Å². The van der Waals surface area contributed by atoms with Crippen LogP contribution in [0.4, 0.5) is 0 Å². The first-order valence-electron chi connectivity index (χ1n) is 7.69. The van der Waals surface area contributed by atoms with Crippen LogP contribution in [-0.4, -0.2) is 25.3 Å². The molecule has 0 saturated carbocycles. The molecule has 0 radical (unpaired) electrons. The van der Waals surface area contributed by atoms with Crippen molar-refractivity contribution in [3.63, 3.8) is 0 Å². The minimum absolute atomic E-state index is 0.442. The lowest BCUT2D eigenvalue weighted by Gasteiger charge is -2.16. The molecule has 3 aromatic rings. The summed E-state index contributed by atoms with van der Waals surface area (Å²) in [6, 6.07) is 6.50. The van der Waals surface area contributed by atoms with Gasteiger partial charge in [0.05, 0.1) is 19.2 Å². The topological polar surface area (TPSA) is 43.0 Å². The lowest BCUT2D eigenvalue weighted by atomic mass is 10.1. The molecule has 0 unspecified atom stereocenters. The van der Waals surface area contributed by atoms with Crippen LogP contribution in [0.2, 0.25) is 0 Å². The second-order valence-electron chi connectivity index (χ2n) is 6.12. The van der Waals surface area contributed by atoms with Crippen molar-refractivity contribution in [3.05, 3.63) is 53.2 Å². The Morgan fingerprint density at radius 3 is 2.59 bits per heavy atom. The van der Waals surface area contributed by atoms with Gasteiger partial charge >= 0.3 is 0 Å². The van der Waals surface area contributed by atoms with Gasteiger partial charge in [-0.2, -0.15) is 0 Å². The van der Waals surface area contributed by atoms with Crippen molar-refractivity contribution in [1.29, 1.82) is 0 Å². The van der Waals surface area contributed by atoms with E-state index in [0.717, 1.165) is 5.82 Å². The zero-order valence-corrected chi connectivity index (χ0v) is 13.7. The number of imidazole rings is 1. The van der Waals surface area contributed by atoms with Crippen LogP contribution in [0.15, 0.2) is 30.6 Å². The molecule has 0 aliphatic rings. The van der Waals surface area contributed by atoms with Crippen LogP contribution < -0.4 is 0 Å². The van der Waals surface area contributed by atoms with Crippen molar-refractivity contribution in [2.24, 2.45) is 0 Å². The third-order valence-electron chi connectivity index (χ3n) is 4.52. The minimum Gasteiger partial charge on any atom is -0.389 e. The summed E-state index contributed by atoms with van der Waals surface area (Å²) in [7, 11) is 0. The van der Waals surface area contributed by atoms with E-state index in [2.05, 4.69) is 48.5 Å². The largest absolute Gasteiger partial charge is 0.389 e. The highest BCUT2D eigenvalue weighted by atomic mass is 16.3. The monoisotopic (exact) mass is 297 g/mol. The summed E-state index contributed by atoms with van der Waals surface area (Å²) in [6.07, 6.45) is 3.24. The maximum Gasteiger partial charge on any atom is 0.105 e. The molecule has 0 spiro atoms. The number of hydrogen-bond acceptors (Lipinski definition) is 2. The fourth-order valence-corrected chi connectivity index (χ4v) is 3.09. The van der Waals surface area contributed by atoms with E-state index in [4.69, 9.17) is 0 Å².